The molecule has 0 bridgehead atoms. The third-order valence-electron chi connectivity index (χ3n) is 2.64. The van der Waals surface area contributed by atoms with E-state index < -0.39 is 29.0 Å². The lowest BCUT2D eigenvalue weighted by Crippen LogP contribution is -2.14. The SMILES string of the molecule is Cc1ccc(C(=O)Nc2c(F)cc(F)cc2F)c(O)c1. The van der Waals surface area contributed by atoms with Crippen LogP contribution in [0, 0.1) is 24.4 Å². The first-order valence-corrected chi connectivity index (χ1v) is 5.64. The zero-order valence-electron chi connectivity index (χ0n) is 10.4. The molecule has 0 aliphatic heterocycles. The van der Waals surface area contributed by atoms with Gasteiger partial charge in [-0.3, -0.25) is 4.79 Å². The summed E-state index contributed by atoms with van der Waals surface area (Å²) < 4.78 is 39.5. The van der Waals surface area contributed by atoms with Gasteiger partial charge in [-0.05, 0) is 24.6 Å². The quantitative estimate of drug-likeness (QED) is 0.886. The second kappa shape index (κ2) is 5.24. The number of amides is 1. The van der Waals surface area contributed by atoms with E-state index in [-0.39, 0.29) is 11.3 Å². The molecule has 0 aliphatic carbocycles. The maximum atomic E-state index is 13.4. The van der Waals surface area contributed by atoms with E-state index in [1.807, 2.05) is 5.32 Å². The number of hydrogen-bond donors (Lipinski definition) is 2. The van der Waals surface area contributed by atoms with E-state index in [2.05, 4.69) is 0 Å². The van der Waals surface area contributed by atoms with E-state index in [4.69, 9.17) is 0 Å². The van der Waals surface area contributed by atoms with Gasteiger partial charge in [0.15, 0.2) is 11.6 Å². The van der Waals surface area contributed by atoms with Gasteiger partial charge in [-0.2, -0.15) is 0 Å². The molecule has 2 aromatic carbocycles. The summed E-state index contributed by atoms with van der Waals surface area (Å²) in [4.78, 5) is 11.8. The Bertz CT molecular complexity index is 663. The minimum absolute atomic E-state index is 0.140. The van der Waals surface area contributed by atoms with Crippen LogP contribution in [0.4, 0.5) is 18.9 Å². The molecule has 6 heteroatoms. The van der Waals surface area contributed by atoms with Gasteiger partial charge >= 0.3 is 0 Å². The number of halogens is 3. The van der Waals surface area contributed by atoms with Crippen LogP contribution in [0.25, 0.3) is 0 Å². The van der Waals surface area contributed by atoms with Crippen molar-refractivity contribution in [1.29, 1.82) is 0 Å². The average Bonchev–Trinajstić information content (AvgIpc) is 2.33. The van der Waals surface area contributed by atoms with E-state index in [0.29, 0.717) is 12.1 Å². The molecule has 0 atom stereocenters. The number of hydrogen-bond acceptors (Lipinski definition) is 2. The summed E-state index contributed by atoms with van der Waals surface area (Å²) in [6.45, 7) is 1.71. The van der Waals surface area contributed by atoms with Crippen LogP contribution in [0.15, 0.2) is 30.3 Å². The molecule has 2 N–H and O–H groups in total. The molecule has 2 aromatic rings. The molecule has 20 heavy (non-hydrogen) atoms. The summed E-state index contributed by atoms with van der Waals surface area (Å²) in [6.07, 6.45) is 0. The van der Waals surface area contributed by atoms with E-state index in [1.165, 1.54) is 12.1 Å². The molecule has 0 fully saturated rings. The number of carbonyl (C=O) groups excluding carboxylic acids is 1. The molecule has 0 radical (unpaired) electrons. The smallest absolute Gasteiger partial charge is 0.259 e. The van der Waals surface area contributed by atoms with Gasteiger partial charge in [0.1, 0.15) is 17.3 Å². The van der Waals surface area contributed by atoms with E-state index >= 15 is 0 Å². The lowest BCUT2D eigenvalue weighted by Gasteiger charge is -2.09. The number of rotatable bonds is 2. The number of benzene rings is 2. The van der Waals surface area contributed by atoms with Crippen LogP contribution >= 0.6 is 0 Å². The minimum atomic E-state index is -1.23. The molecule has 0 heterocycles. The Morgan fingerprint density at radius 1 is 1.10 bits per heavy atom. The fourth-order valence-corrected chi connectivity index (χ4v) is 1.68. The van der Waals surface area contributed by atoms with Gasteiger partial charge in [-0.25, -0.2) is 13.2 Å². The Morgan fingerprint density at radius 2 is 1.70 bits per heavy atom. The molecule has 104 valence electrons. The Hall–Kier alpha value is -2.50. The fourth-order valence-electron chi connectivity index (χ4n) is 1.68. The van der Waals surface area contributed by atoms with Crippen LogP contribution in [0.1, 0.15) is 15.9 Å². The van der Waals surface area contributed by atoms with Crippen LogP contribution in [-0.2, 0) is 0 Å². The summed E-state index contributed by atoms with van der Waals surface area (Å²) in [5.74, 6) is -4.77. The lowest BCUT2D eigenvalue weighted by molar-refractivity contribution is 0.102. The number of anilines is 1. The number of phenols is 1. The molecule has 3 nitrogen and oxygen atoms in total. The van der Waals surface area contributed by atoms with Crippen molar-refractivity contribution >= 4 is 11.6 Å². The van der Waals surface area contributed by atoms with E-state index in [0.717, 1.165) is 5.56 Å². The van der Waals surface area contributed by atoms with Gasteiger partial charge in [0.2, 0.25) is 0 Å². The molecule has 0 saturated carbocycles. The number of nitrogens with one attached hydrogen (secondary N) is 1. The van der Waals surface area contributed by atoms with Crippen LogP contribution < -0.4 is 5.32 Å². The highest BCUT2D eigenvalue weighted by molar-refractivity contribution is 6.06. The summed E-state index contributed by atoms with van der Waals surface area (Å²) in [7, 11) is 0. The Kier molecular flexibility index (Phi) is 3.65. The summed E-state index contributed by atoms with van der Waals surface area (Å²) in [5.41, 5.74) is -0.187. The highest BCUT2D eigenvalue weighted by Crippen LogP contribution is 2.23. The topological polar surface area (TPSA) is 49.3 Å². The highest BCUT2D eigenvalue weighted by Gasteiger charge is 2.17. The second-order valence-corrected chi connectivity index (χ2v) is 4.22. The maximum absolute atomic E-state index is 13.4. The molecular weight excluding hydrogens is 271 g/mol. The van der Waals surface area contributed by atoms with Crippen LogP contribution in [0.3, 0.4) is 0 Å². The first kappa shape index (κ1) is 13.9. The van der Waals surface area contributed by atoms with Crippen molar-refractivity contribution in [3.63, 3.8) is 0 Å². The third kappa shape index (κ3) is 2.74. The zero-order chi connectivity index (χ0) is 14.9. The fraction of sp³-hybridized carbons (Fsp3) is 0.0714. The normalized spacial score (nSPS) is 10.4. The summed E-state index contributed by atoms with van der Waals surface area (Å²) in [6, 6.07) is 5.12. The lowest BCUT2D eigenvalue weighted by atomic mass is 10.1. The molecular formula is C14H10F3NO2. The van der Waals surface area contributed by atoms with Crippen molar-refractivity contribution in [2.75, 3.05) is 5.32 Å². The highest BCUT2D eigenvalue weighted by atomic mass is 19.1. The summed E-state index contributed by atoms with van der Waals surface area (Å²) >= 11 is 0. The average molecular weight is 281 g/mol. The van der Waals surface area contributed by atoms with Crippen molar-refractivity contribution < 1.29 is 23.1 Å². The standard InChI is InChI=1S/C14H10F3NO2/c1-7-2-3-9(12(19)4-7)14(20)18-13-10(16)5-8(15)6-11(13)17/h2-6,19H,1H3,(H,18,20). The summed E-state index contributed by atoms with van der Waals surface area (Å²) in [5, 5.41) is 11.6. The molecule has 0 aromatic heterocycles. The van der Waals surface area contributed by atoms with Gasteiger partial charge in [0, 0.05) is 12.1 Å². The molecule has 2 rings (SSSR count). The third-order valence-corrected chi connectivity index (χ3v) is 2.64. The van der Waals surface area contributed by atoms with Crippen molar-refractivity contribution in [2.45, 2.75) is 6.92 Å². The Balaban J connectivity index is 2.33. The van der Waals surface area contributed by atoms with Crippen molar-refractivity contribution in [3.05, 3.63) is 58.9 Å². The molecule has 0 aliphatic rings. The molecule has 1 amide bonds. The van der Waals surface area contributed by atoms with Gasteiger partial charge in [0.25, 0.3) is 5.91 Å². The number of phenolic OH excluding ortho intramolecular Hbond substituents is 1. The molecule has 0 spiro atoms. The van der Waals surface area contributed by atoms with Crippen molar-refractivity contribution in [3.8, 4) is 5.75 Å². The van der Waals surface area contributed by atoms with Crippen LogP contribution in [-0.4, -0.2) is 11.0 Å². The number of aryl methyl sites for hydroxylation is 1. The van der Waals surface area contributed by atoms with Gasteiger partial charge in [0.05, 0.1) is 5.56 Å². The first-order chi connectivity index (χ1) is 9.38. The van der Waals surface area contributed by atoms with Gasteiger partial charge < -0.3 is 10.4 Å². The predicted octanol–water partition coefficient (Wildman–Crippen LogP) is 3.37. The Morgan fingerprint density at radius 3 is 2.25 bits per heavy atom. The van der Waals surface area contributed by atoms with Crippen LogP contribution in [0.5, 0.6) is 5.75 Å². The van der Waals surface area contributed by atoms with Gasteiger partial charge in [-0.15, -0.1) is 0 Å². The Labute approximate surface area is 112 Å². The van der Waals surface area contributed by atoms with Crippen molar-refractivity contribution in [1.82, 2.24) is 0 Å². The second-order valence-electron chi connectivity index (χ2n) is 4.22. The zero-order valence-corrected chi connectivity index (χ0v) is 10.4. The number of aromatic hydroxyl groups is 1. The molecule has 0 unspecified atom stereocenters. The largest absolute Gasteiger partial charge is 0.507 e. The van der Waals surface area contributed by atoms with E-state index in [1.54, 1.807) is 13.0 Å². The van der Waals surface area contributed by atoms with Crippen molar-refractivity contribution in [2.24, 2.45) is 0 Å². The predicted molar refractivity (Wildman–Crippen MR) is 67.1 cm³/mol. The monoisotopic (exact) mass is 281 g/mol. The van der Waals surface area contributed by atoms with E-state index in [9.17, 15) is 23.1 Å². The van der Waals surface area contributed by atoms with Gasteiger partial charge in [-0.1, -0.05) is 6.07 Å². The maximum Gasteiger partial charge on any atom is 0.259 e. The van der Waals surface area contributed by atoms with Crippen LogP contribution in [0.2, 0.25) is 0 Å². The minimum Gasteiger partial charge on any atom is -0.507 e. The number of carbonyl (C=O) groups is 1. The molecule has 0 saturated heterocycles. The first-order valence-electron chi connectivity index (χ1n) is 5.64.